The average molecular weight is 432 g/mol. The standard InChI is InChI=1S/C20H15BrFNO2S/c1-25-13-5-2-11(3-6-13)15-10-26-20-14(9-18(24)23-19(15)20)12-4-7-17(22)16(21)8-12/h2-8,10,14H,9H2,1H3,(H,23,24)/t14-/m1/s1. The monoisotopic (exact) mass is 431 g/mol. The summed E-state index contributed by atoms with van der Waals surface area (Å²) in [5.74, 6) is 0.374. The van der Waals surface area contributed by atoms with Crippen molar-refractivity contribution >= 4 is 38.9 Å². The summed E-state index contributed by atoms with van der Waals surface area (Å²) < 4.78 is 19.2. The Morgan fingerprint density at radius 3 is 2.69 bits per heavy atom. The van der Waals surface area contributed by atoms with Gasteiger partial charge in [-0.2, -0.15) is 0 Å². The van der Waals surface area contributed by atoms with E-state index in [9.17, 15) is 9.18 Å². The van der Waals surface area contributed by atoms with Gasteiger partial charge in [-0.15, -0.1) is 11.3 Å². The Morgan fingerprint density at radius 1 is 1.23 bits per heavy atom. The van der Waals surface area contributed by atoms with Gasteiger partial charge in [0.25, 0.3) is 0 Å². The number of halogens is 2. The molecule has 0 radical (unpaired) electrons. The highest BCUT2D eigenvalue weighted by atomic mass is 79.9. The van der Waals surface area contributed by atoms with Gasteiger partial charge in [0, 0.05) is 28.2 Å². The molecule has 0 saturated carbocycles. The second-order valence-corrected chi connectivity index (χ2v) is 7.86. The van der Waals surface area contributed by atoms with E-state index in [2.05, 4.69) is 26.6 Å². The van der Waals surface area contributed by atoms with Crippen molar-refractivity contribution in [2.45, 2.75) is 12.3 Å². The molecular weight excluding hydrogens is 417 g/mol. The van der Waals surface area contributed by atoms with Gasteiger partial charge in [0.1, 0.15) is 11.6 Å². The van der Waals surface area contributed by atoms with Crippen LogP contribution in [0.25, 0.3) is 11.1 Å². The van der Waals surface area contributed by atoms with Gasteiger partial charge >= 0.3 is 0 Å². The van der Waals surface area contributed by atoms with Crippen LogP contribution < -0.4 is 10.1 Å². The van der Waals surface area contributed by atoms with E-state index in [0.29, 0.717) is 10.9 Å². The second-order valence-electron chi connectivity index (χ2n) is 6.10. The summed E-state index contributed by atoms with van der Waals surface area (Å²) in [6.45, 7) is 0. The van der Waals surface area contributed by atoms with E-state index in [1.807, 2.05) is 24.3 Å². The summed E-state index contributed by atoms with van der Waals surface area (Å²) in [5, 5.41) is 5.07. The Kier molecular flexibility index (Phi) is 4.54. The van der Waals surface area contributed by atoms with Crippen LogP contribution in [0.1, 0.15) is 22.8 Å². The van der Waals surface area contributed by atoms with Crippen LogP contribution in [0, 0.1) is 5.82 Å². The lowest BCUT2D eigenvalue weighted by molar-refractivity contribution is -0.116. The minimum atomic E-state index is -0.306. The molecule has 0 unspecified atom stereocenters. The average Bonchev–Trinajstić information content (AvgIpc) is 3.07. The van der Waals surface area contributed by atoms with Crippen LogP contribution in [0.5, 0.6) is 5.75 Å². The van der Waals surface area contributed by atoms with E-state index in [1.54, 1.807) is 30.6 Å². The zero-order chi connectivity index (χ0) is 18.3. The number of carbonyl (C=O) groups excluding carboxylic acids is 1. The number of amides is 1. The number of anilines is 1. The summed E-state index contributed by atoms with van der Waals surface area (Å²) in [7, 11) is 1.63. The Hall–Kier alpha value is -2.18. The van der Waals surface area contributed by atoms with E-state index >= 15 is 0 Å². The van der Waals surface area contributed by atoms with Gasteiger partial charge in [0.05, 0.1) is 17.3 Å². The van der Waals surface area contributed by atoms with E-state index in [1.165, 1.54) is 6.07 Å². The topological polar surface area (TPSA) is 38.3 Å². The highest BCUT2D eigenvalue weighted by Crippen LogP contribution is 2.47. The maximum absolute atomic E-state index is 13.6. The predicted molar refractivity (Wildman–Crippen MR) is 105 cm³/mol. The lowest BCUT2D eigenvalue weighted by Crippen LogP contribution is -2.22. The van der Waals surface area contributed by atoms with E-state index in [0.717, 1.165) is 33.0 Å². The molecule has 1 aromatic heterocycles. The summed E-state index contributed by atoms with van der Waals surface area (Å²) in [4.78, 5) is 13.4. The SMILES string of the molecule is COc1ccc(-c2csc3c2NC(=O)C[C@@H]3c2ccc(F)c(Br)c2)cc1. The van der Waals surface area contributed by atoms with Crippen molar-refractivity contribution in [1.82, 2.24) is 0 Å². The van der Waals surface area contributed by atoms with Crippen molar-refractivity contribution in [2.24, 2.45) is 0 Å². The Labute approximate surface area is 162 Å². The van der Waals surface area contributed by atoms with Gasteiger partial charge in [-0.1, -0.05) is 18.2 Å². The molecule has 2 aromatic carbocycles. The molecule has 3 nitrogen and oxygen atoms in total. The van der Waals surface area contributed by atoms with Crippen LogP contribution in [0.4, 0.5) is 10.1 Å². The first-order chi connectivity index (χ1) is 12.6. The van der Waals surface area contributed by atoms with Crippen molar-refractivity contribution in [2.75, 3.05) is 12.4 Å². The third-order valence-electron chi connectivity index (χ3n) is 4.54. The van der Waals surface area contributed by atoms with Gasteiger partial charge in [0.2, 0.25) is 5.91 Å². The molecule has 1 aliphatic heterocycles. The summed E-state index contributed by atoms with van der Waals surface area (Å²) >= 11 is 4.86. The number of hydrogen-bond acceptors (Lipinski definition) is 3. The molecule has 3 aromatic rings. The molecule has 26 heavy (non-hydrogen) atoms. The first-order valence-corrected chi connectivity index (χ1v) is 9.74. The fraction of sp³-hybridized carbons (Fsp3) is 0.150. The number of carbonyl (C=O) groups is 1. The van der Waals surface area contributed by atoms with E-state index in [4.69, 9.17) is 4.74 Å². The van der Waals surface area contributed by atoms with Crippen molar-refractivity contribution in [3.63, 3.8) is 0 Å². The largest absolute Gasteiger partial charge is 0.497 e. The molecule has 132 valence electrons. The third-order valence-corrected chi connectivity index (χ3v) is 6.24. The molecular formula is C20H15BrFNO2S. The fourth-order valence-corrected chi connectivity index (χ4v) is 4.77. The third kappa shape index (κ3) is 3.04. The minimum Gasteiger partial charge on any atom is -0.497 e. The van der Waals surface area contributed by atoms with Crippen LogP contribution in [-0.2, 0) is 4.79 Å². The molecule has 0 spiro atoms. The first-order valence-electron chi connectivity index (χ1n) is 8.07. The number of hydrogen-bond donors (Lipinski definition) is 1. The molecule has 1 atom stereocenters. The van der Waals surface area contributed by atoms with Gasteiger partial charge in [-0.05, 0) is 51.3 Å². The molecule has 1 N–H and O–H groups in total. The lowest BCUT2D eigenvalue weighted by Gasteiger charge is -2.24. The Morgan fingerprint density at radius 2 is 2.00 bits per heavy atom. The number of fused-ring (bicyclic) bond motifs is 1. The smallest absolute Gasteiger partial charge is 0.225 e. The van der Waals surface area contributed by atoms with Crippen LogP contribution in [0.3, 0.4) is 0 Å². The first kappa shape index (κ1) is 17.2. The zero-order valence-electron chi connectivity index (χ0n) is 13.9. The highest BCUT2D eigenvalue weighted by Gasteiger charge is 2.30. The summed E-state index contributed by atoms with van der Waals surface area (Å²) in [6, 6.07) is 12.7. The molecule has 2 heterocycles. The molecule has 1 aliphatic rings. The molecule has 0 bridgehead atoms. The van der Waals surface area contributed by atoms with Gasteiger partial charge in [-0.25, -0.2) is 4.39 Å². The van der Waals surface area contributed by atoms with Crippen molar-refractivity contribution in [3.8, 4) is 16.9 Å². The molecule has 6 heteroatoms. The second kappa shape index (κ2) is 6.85. The highest BCUT2D eigenvalue weighted by molar-refractivity contribution is 9.10. The van der Waals surface area contributed by atoms with Crippen molar-refractivity contribution in [1.29, 1.82) is 0 Å². The van der Waals surface area contributed by atoms with E-state index in [-0.39, 0.29) is 17.6 Å². The fourth-order valence-electron chi connectivity index (χ4n) is 3.21. The molecule has 0 saturated heterocycles. The summed E-state index contributed by atoms with van der Waals surface area (Å²) in [6.07, 6.45) is 0.355. The van der Waals surface area contributed by atoms with Crippen LogP contribution >= 0.6 is 27.3 Å². The number of rotatable bonds is 3. The molecule has 0 aliphatic carbocycles. The maximum Gasteiger partial charge on any atom is 0.225 e. The van der Waals surface area contributed by atoms with Gasteiger partial charge < -0.3 is 10.1 Å². The quantitative estimate of drug-likeness (QED) is 0.568. The number of benzene rings is 2. The Balaban J connectivity index is 1.78. The number of methoxy groups -OCH3 is 1. The normalized spacial score (nSPS) is 16.1. The number of nitrogens with one attached hydrogen (secondary N) is 1. The molecule has 4 rings (SSSR count). The predicted octanol–water partition coefficient (Wildman–Crippen LogP) is 5.80. The van der Waals surface area contributed by atoms with Crippen LogP contribution in [-0.4, -0.2) is 13.0 Å². The lowest BCUT2D eigenvalue weighted by atomic mass is 9.89. The van der Waals surface area contributed by atoms with Crippen molar-refractivity contribution < 1.29 is 13.9 Å². The maximum atomic E-state index is 13.6. The summed E-state index contributed by atoms with van der Waals surface area (Å²) in [5.41, 5.74) is 3.79. The zero-order valence-corrected chi connectivity index (χ0v) is 16.3. The Bertz CT molecular complexity index is 984. The van der Waals surface area contributed by atoms with Gasteiger partial charge in [-0.3, -0.25) is 4.79 Å². The number of ether oxygens (including phenoxy) is 1. The molecule has 1 amide bonds. The number of thiophene rings is 1. The molecule has 0 fully saturated rings. The van der Waals surface area contributed by atoms with Crippen molar-refractivity contribution in [3.05, 3.63) is 68.6 Å². The van der Waals surface area contributed by atoms with Crippen LogP contribution in [0.15, 0.2) is 52.3 Å². The van der Waals surface area contributed by atoms with E-state index < -0.39 is 0 Å². The minimum absolute atomic E-state index is 0.0314. The van der Waals surface area contributed by atoms with Gasteiger partial charge in [0.15, 0.2) is 0 Å². The van der Waals surface area contributed by atoms with Crippen LogP contribution in [0.2, 0.25) is 0 Å².